The molecule has 0 radical (unpaired) electrons. The first-order valence-corrected chi connectivity index (χ1v) is 3.18. The highest BCUT2D eigenvalue weighted by Gasteiger charge is 1.81. The predicted octanol–water partition coefficient (Wildman–Crippen LogP) is 1.57. The third-order valence-corrected chi connectivity index (χ3v) is 0.751. The molecule has 0 N–H and O–H groups in total. The van der Waals surface area contributed by atoms with Crippen LogP contribution >= 0.6 is 0 Å². The lowest BCUT2D eigenvalue weighted by molar-refractivity contribution is -0.0434. The van der Waals surface area contributed by atoms with Crippen LogP contribution in [0.4, 0.5) is 0 Å². The molecule has 0 aromatic heterocycles. The molecule has 0 fully saturated rings. The fraction of sp³-hybridized carbons (Fsp3) is 0.714. The number of ether oxygens (including phenoxy) is 2. The van der Waals surface area contributed by atoms with Crippen LogP contribution in [0.25, 0.3) is 0 Å². The van der Waals surface area contributed by atoms with Crippen LogP contribution in [0.3, 0.4) is 0 Å². The second-order valence-corrected chi connectivity index (χ2v) is 1.69. The average molecular weight is 130 g/mol. The molecule has 0 aliphatic heterocycles. The second-order valence-electron chi connectivity index (χ2n) is 1.69. The van der Waals surface area contributed by atoms with Crippen LogP contribution in [0.2, 0.25) is 0 Å². The SMILES string of the molecule is C=CCOCOCCC. The van der Waals surface area contributed by atoms with Gasteiger partial charge in [-0.25, -0.2) is 0 Å². The number of hydrogen-bond donors (Lipinski definition) is 0. The van der Waals surface area contributed by atoms with Crippen LogP contribution < -0.4 is 0 Å². The zero-order valence-corrected chi connectivity index (χ0v) is 5.93. The summed E-state index contributed by atoms with van der Waals surface area (Å²) in [7, 11) is 0. The van der Waals surface area contributed by atoms with Crippen molar-refractivity contribution in [3.63, 3.8) is 0 Å². The summed E-state index contributed by atoms with van der Waals surface area (Å²) in [5.74, 6) is 0. The number of rotatable bonds is 6. The summed E-state index contributed by atoms with van der Waals surface area (Å²) in [5.41, 5.74) is 0. The van der Waals surface area contributed by atoms with Crippen molar-refractivity contribution < 1.29 is 9.47 Å². The van der Waals surface area contributed by atoms with Gasteiger partial charge in [0, 0.05) is 6.61 Å². The van der Waals surface area contributed by atoms with Gasteiger partial charge in [-0.15, -0.1) is 6.58 Å². The van der Waals surface area contributed by atoms with Crippen LogP contribution in [-0.4, -0.2) is 20.0 Å². The van der Waals surface area contributed by atoms with Gasteiger partial charge in [0.15, 0.2) is 0 Å². The molecular weight excluding hydrogens is 116 g/mol. The van der Waals surface area contributed by atoms with Crippen LogP contribution in [0.15, 0.2) is 12.7 Å². The first-order chi connectivity index (χ1) is 4.41. The van der Waals surface area contributed by atoms with Crippen molar-refractivity contribution in [2.24, 2.45) is 0 Å². The quantitative estimate of drug-likeness (QED) is 0.309. The largest absolute Gasteiger partial charge is 0.355 e. The highest BCUT2D eigenvalue weighted by molar-refractivity contribution is 4.62. The maximum absolute atomic E-state index is 5.01. The Balaban J connectivity index is 2.66. The van der Waals surface area contributed by atoms with Gasteiger partial charge in [-0.05, 0) is 6.42 Å². The molecule has 0 aliphatic carbocycles. The van der Waals surface area contributed by atoms with E-state index in [0.29, 0.717) is 13.4 Å². The fourth-order valence-electron chi connectivity index (χ4n) is 0.394. The van der Waals surface area contributed by atoms with Gasteiger partial charge in [-0.2, -0.15) is 0 Å². The van der Waals surface area contributed by atoms with E-state index in [0.717, 1.165) is 13.0 Å². The van der Waals surface area contributed by atoms with Crippen molar-refractivity contribution >= 4 is 0 Å². The van der Waals surface area contributed by atoms with E-state index < -0.39 is 0 Å². The van der Waals surface area contributed by atoms with Crippen LogP contribution in [0.1, 0.15) is 13.3 Å². The van der Waals surface area contributed by atoms with E-state index in [9.17, 15) is 0 Å². The summed E-state index contributed by atoms with van der Waals surface area (Å²) in [4.78, 5) is 0. The molecule has 0 aliphatic rings. The standard InChI is InChI=1S/C7H14O2/c1-3-5-8-7-9-6-4-2/h3H,1,4-7H2,2H3. The molecule has 2 heteroatoms. The van der Waals surface area contributed by atoms with Crippen molar-refractivity contribution in [1.82, 2.24) is 0 Å². The highest BCUT2D eigenvalue weighted by atomic mass is 16.7. The van der Waals surface area contributed by atoms with E-state index in [1.165, 1.54) is 0 Å². The van der Waals surface area contributed by atoms with Crippen molar-refractivity contribution in [2.75, 3.05) is 20.0 Å². The Labute approximate surface area is 56.5 Å². The fourth-order valence-corrected chi connectivity index (χ4v) is 0.394. The minimum Gasteiger partial charge on any atom is -0.355 e. The molecule has 0 atom stereocenters. The third kappa shape index (κ3) is 7.66. The monoisotopic (exact) mass is 130 g/mol. The van der Waals surface area contributed by atoms with Crippen molar-refractivity contribution in [2.45, 2.75) is 13.3 Å². The molecule has 0 aromatic rings. The zero-order valence-electron chi connectivity index (χ0n) is 5.93. The van der Waals surface area contributed by atoms with Crippen LogP contribution in [-0.2, 0) is 9.47 Å². The minimum atomic E-state index is 0.389. The second kappa shape index (κ2) is 7.66. The van der Waals surface area contributed by atoms with Crippen molar-refractivity contribution in [3.05, 3.63) is 12.7 Å². The molecule has 0 aromatic carbocycles. The summed E-state index contributed by atoms with van der Waals surface area (Å²) < 4.78 is 9.96. The Kier molecular flexibility index (Phi) is 7.37. The van der Waals surface area contributed by atoms with Gasteiger partial charge in [0.2, 0.25) is 0 Å². The van der Waals surface area contributed by atoms with E-state index >= 15 is 0 Å². The molecule has 9 heavy (non-hydrogen) atoms. The summed E-state index contributed by atoms with van der Waals surface area (Å²) in [6.07, 6.45) is 2.74. The number of hydrogen-bond acceptors (Lipinski definition) is 2. The van der Waals surface area contributed by atoms with Gasteiger partial charge in [0.1, 0.15) is 6.79 Å². The van der Waals surface area contributed by atoms with Crippen LogP contribution in [0, 0.1) is 0 Å². The predicted molar refractivity (Wildman–Crippen MR) is 37.3 cm³/mol. The average Bonchev–Trinajstić information content (AvgIpc) is 1.89. The maximum Gasteiger partial charge on any atom is 0.147 e. The lowest BCUT2D eigenvalue weighted by atomic mass is 10.5. The normalized spacial score (nSPS) is 9.44. The Morgan fingerprint density at radius 3 is 2.78 bits per heavy atom. The molecular formula is C7H14O2. The smallest absolute Gasteiger partial charge is 0.147 e. The van der Waals surface area contributed by atoms with Gasteiger partial charge in [0.25, 0.3) is 0 Å². The van der Waals surface area contributed by atoms with Gasteiger partial charge in [-0.3, -0.25) is 0 Å². The molecule has 0 unspecified atom stereocenters. The van der Waals surface area contributed by atoms with Crippen molar-refractivity contribution in [3.8, 4) is 0 Å². The topological polar surface area (TPSA) is 18.5 Å². The highest BCUT2D eigenvalue weighted by Crippen LogP contribution is 1.81. The molecule has 0 saturated carbocycles. The molecule has 0 rings (SSSR count). The molecule has 2 nitrogen and oxygen atoms in total. The van der Waals surface area contributed by atoms with E-state index in [4.69, 9.17) is 9.47 Å². The molecule has 0 bridgehead atoms. The first-order valence-electron chi connectivity index (χ1n) is 3.18. The molecule has 0 saturated heterocycles. The Hall–Kier alpha value is -0.340. The van der Waals surface area contributed by atoms with E-state index in [2.05, 4.69) is 13.5 Å². The molecule has 54 valence electrons. The summed E-state index contributed by atoms with van der Waals surface area (Å²) in [5, 5.41) is 0. The van der Waals surface area contributed by atoms with Crippen LogP contribution in [0.5, 0.6) is 0 Å². The molecule has 0 amide bonds. The van der Waals surface area contributed by atoms with Gasteiger partial charge >= 0.3 is 0 Å². The summed E-state index contributed by atoms with van der Waals surface area (Å²) >= 11 is 0. The maximum atomic E-state index is 5.01. The Morgan fingerprint density at radius 1 is 1.44 bits per heavy atom. The minimum absolute atomic E-state index is 0.389. The first kappa shape index (κ1) is 8.66. The zero-order chi connectivity index (χ0) is 6.95. The molecule has 0 heterocycles. The van der Waals surface area contributed by atoms with Gasteiger partial charge < -0.3 is 9.47 Å². The summed E-state index contributed by atoms with van der Waals surface area (Å²) in [6.45, 7) is 7.30. The van der Waals surface area contributed by atoms with E-state index in [-0.39, 0.29) is 0 Å². The molecule has 0 spiro atoms. The Morgan fingerprint density at radius 2 is 2.22 bits per heavy atom. The van der Waals surface area contributed by atoms with E-state index in [1.807, 2.05) is 0 Å². The van der Waals surface area contributed by atoms with Gasteiger partial charge in [-0.1, -0.05) is 13.0 Å². The third-order valence-electron chi connectivity index (χ3n) is 0.751. The Bertz CT molecular complexity index is 61.9. The lowest BCUT2D eigenvalue weighted by Crippen LogP contribution is -2.00. The van der Waals surface area contributed by atoms with E-state index in [1.54, 1.807) is 6.08 Å². The van der Waals surface area contributed by atoms with Crippen molar-refractivity contribution in [1.29, 1.82) is 0 Å². The summed E-state index contributed by atoms with van der Waals surface area (Å²) in [6, 6.07) is 0. The lowest BCUT2D eigenvalue weighted by Gasteiger charge is -2.00. The van der Waals surface area contributed by atoms with Gasteiger partial charge in [0.05, 0.1) is 6.61 Å².